The molecule has 256 valence electrons. The maximum absolute atomic E-state index is 13.9. The topological polar surface area (TPSA) is 180 Å². The van der Waals surface area contributed by atoms with E-state index in [0.717, 1.165) is 6.42 Å². The Labute approximate surface area is 280 Å². The number of carbonyl (C=O) groups is 3. The van der Waals surface area contributed by atoms with E-state index in [1.54, 1.807) is 26.0 Å². The smallest absolute Gasteiger partial charge is 0.345 e. The Bertz CT molecular complexity index is 1830. The monoisotopic (exact) mass is 679 g/mol. The number of hydrogen-bond donors (Lipinski definition) is 4. The van der Waals surface area contributed by atoms with Crippen LogP contribution in [0.5, 0.6) is 5.75 Å². The van der Waals surface area contributed by atoms with Crippen molar-refractivity contribution in [2.24, 2.45) is 5.73 Å². The first-order chi connectivity index (χ1) is 22.9. The first-order valence-electron chi connectivity index (χ1n) is 15.9. The van der Waals surface area contributed by atoms with Crippen LogP contribution in [0.1, 0.15) is 57.5 Å². The number of hydrogen-bond acceptors (Lipinski definition) is 8. The molecule has 0 saturated carbocycles. The van der Waals surface area contributed by atoms with E-state index >= 15 is 0 Å². The summed E-state index contributed by atoms with van der Waals surface area (Å²) in [5.41, 5.74) is 9.04. The quantitative estimate of drug-likeness (QED) is 0.0321. The molecule has 4 aromatic rings. The van der Waals surface area contributed by atoms with Gasteiger partial charge >= 0.3 is 11.9 Å². The molecule has 5 N–H and O–H groups in total. The third-order valence-corrected chi connectivity index (χ3v) is 8.90. The molecule has 1 aromatic heterocycles. The normalized spacial score (nSPS) is 11.7. The van der Waals surface area contributed by atoms with E-state index in [2.05, 4.69) is 5.32 Å². The second kappa shape index (κ2) is 16.6. The third kappa shape index (κ3) is 9.57. The minimum atomic E-state index is -4.12. The van der Waals surface area contributed by atoms with Crippen LogP contribution < -0.4 is 20.4 Å². The van der Waals surface area contributed by atoms with Gasteiger partial charge in [-0.2, -0.15) is 13.0 Å². The summed E-state index contributed by atoms with van der Waals surface area (Å²) in [5, 5.41) is 13.2. The molecule has 12 nitrogen and oxygen atoms in total. The number of nitrogens with one attached hydrogen (secondary N) is 1. The Morgan fingerprint density at radius 2 is 1.48 bits per heavy atom. The fourth-order valence-electron chi connectivity index (χ4n) is 5.88. The van der Waals surface area contributed by atoms with E-state index in [0.29, 0.717) is 95.5 Å². The fraction of sp³-hybridized carbons (Fsp3) is 0.371. The minimum absolute atomic E-state index is 0.0445. The summed E-state index contributed by atoms with van der Waals surface area (Å²) < 4.78 is 40.0. The molecule has 3 aromatic carbocycles. The van der Waals surface area contributed by atoms with Crippen molar-refractivity contribution in [1.82, 2.24) is 10.2 Å². The Morgan fingerprint density at radius 3 is 2.04 bits per heavy atom. The molecule has 0 radical (unpaired) electrons. The number of nitrogens with zero attached hydrogens (tertiary/aromatic N) is 2. The number of aromatic nitrogens is 1. The number of carboxylic acids is 1. The Hall–Kier alpha value is -4.43. The Balaban J connectivity index is 1.51. The average molecular weight is 680 g/mol. The number of rotatable bonds is 17. The van der Waals surface area contributed by atoms with Gasteiger partial charge in [-0.1, -0.05) is 24.3 Å². The van der Waals surface area contributed by atoms with Crippen molar-refractivity contribution in [3.63, 3.8) is 0 Å². The first-order valence-corrected chi connectivity index (χ1v) is 17.5. The van der Waals surface area contributed by atoms with Gasteiger partial charge in [0.1, 0.15) is 5.75 Å². The molecule has 0 unspecified atom stereocenters. The van der Waals surface area contributed by atoms with Crippen molar-refractivity contribution in [3.05, 3.63) is 82.9 Å². The summed E-state index contributed by atoms with van der Waals surface area (Å²) in [7, 11) is -4.12. The molecular weight excluding hydrogens is 636 g/mol. The number of esters is 1. The largest absolute Gasteiger partial charge is 0.481 e. The van der Waals surface area contributed by atoms with Crippen molar-refractivity contribution < 1.29 is 41.8 Å². The molecule has 1 heterocycles. The molecule has 48 heavy (non-hydrogen) atoms. The van der Waals surface area contributed by atoms with Crippen LogP contribution in [-0.2, 0) is 21.5 Å². The zero-order chi connectivity index (χ0) is 34.8. The lowest BCUT2D eigenvalue weighted by atomic mass is 10.0. The van der Waals surface area contributed by atoms with Crippen molar-refractivity contribution in [3.8, 4) is 5.75 Å². The van der Waals surface area contributed by atoms with Crippen molar-refractivity contribution in [2.75, 3.05) is 38.5 Å². The van der Waals surface area contributed by atoms with Crippen LogP contribution in [0.2, 0.25) is 0 Å². The second-order valence-corrected chi connectivity index (χ2v) is 13.3. The van der Waals surface area contributed by atoms with Crippen LogP contribution >= 0.6 is 0 Å². The summed E-state index contributed by atoms with van der Waals surface area (Å²) in [6.45, 7) is 6.52. The number of benzene rings is 3. The van der Waals surface area contributed by atoms with Gasteiger partial charge in [0, 0.05) is 37.2 Å². The third-order valence-electron chi connectivity index (χ3n) is 8.09. The Kier molecular flexibility index (Phi) is 12.6. The number of carboxylic acid groups (broad SMARTS) is 1. The average Bonchev–Trinajstić information content (AvgIpc) is 3.04. The number of amides is 1. The molecule has 0 atom stereocenters. The van der Waals surface area contributed by atoms with Gasteiger partial charge in [-0.15, -0.1) is 0 Å². The molecule has 0 aliphatic rings. The summed E-state index contributed by atoms with van der Waals surface area (Å²) in [6, 6.07) is 18.0. The predicted octanol–water partition coefficient (Wildman–Crippen LogP) is 3.64. The molecule has 0 spiro atoms. The molecule has 4 rings (SSSR count). The number of ether oxygens (including phenoxy) is 1. The molecule has 1 amide bonds. The summed E-state index contributed by atoms with van der Waals surface area (Å²) in [4.78, 5) is 40.0. The predicted molar refractivity (Wildman–Crippen MR) is 183 cm³/mol. The van der Waals surface area contributed by atoms with E-state index < -0.39 is 22.1 Å². The number of nitrogens with two attached hydrogens (primary N) is 1. The van der Waals surface area contributed by atoms with E-state index in [9.17, 15) is 27.4 Å². The van der Waals surface area contributed by atoms with Crippen LogP contribution in [0, 0.1) is 13.8 Å². The molecular formula is C35H43N4O8S+. The maximum Gasteiger partial charge on any atom is 0.345 e. The van der Waals surface area contributed by atoms with Crippen LogP contribution in [0.4, 0.5) is 0 Å². The molecule has 0 fully saturated rings. The summed E-state index contributed by atoms with van der Waals surface area (Å²) in [5.74, 6) is -1.73. The molecule has 13 heteroatoms. The van der Waals surface area contributed by atoms with Gasteiger partial charge in [-0.3, -0.25) is 14.1 Å². The fourth-order valence-corrected chi connectivity index (χ4v) is 6.37. The number of pyridine rings is 1. The number of fused-ring (bicyclic) bond motifs is 2. The van der Waals surface area contributed by atoms with Crippen LogP contribution in [0.25, 0.3) is 21.8 Å². The molecule has 0 aliphatic heterocycles. The number of carbonyl (C=O) groups excluding carboxylic acids is 2. The first kappa shape index (κ1) is 36.4. The SMILES string of the molecule is Cc1cc(C(=O)NCCCN(CCCN)CCC(=O)O)cc(C)c1OC(=O)c1c2ccccc2[n+](CCCS(=O)(=O)O)c2ccccc12. The lowest BCUT2D eigenvalue weighted by molar-refractivity contribution is -0.645. The van der Waals surface area contributed by atoms with Crippen molar-refractivity contribution in [2.45, 2.75) is 46.1 Å². The molecule has 0 bridgehead atoms. The van der Waals surface area contributed by atoms with Gasteiger partial charge < -0.3 is 25.8 Å². The van der Waals surface area contributed by atoms with Gasteiger partial charge in [-0.05, 0) is 81.7 Å². The van der Waals surface area contributed by atoms with Crippen molar-refractivity contribution >= 4 is 49.8 Å². The van der Waals surface area contributed by atoms with Gasteiger partial charge in [0.2, 0.25) is 11.0 Å². The maximum atomic E-state index is 13.9. The number of para-hydroxylation sites is 2. The highest BCUT2D eigenvalue weighted by atomic mass is 32.2. The van der Waals surface area contributed by atoms with Crippen LogP contribution in [0.3, 0.4) is 0 Å². The van der Waals surface area contributed by atoms with E-state index in [-0.39, 0.29) is 24.5 Å². The molecule has 0 aliphatic carbocycles. The second-order valence-electron chi connectivity index (χ2n) is 11.8. The highest BCUT2D eigenvalue weighted by Gasteiger charge is 2.26. The number of aryl methyl sites for hydroxylation is 3. The minimum Gasteiger partial charge on any atom is -0.481 e. The van der Waals surface area contributed by atoms with Crippen LogP contribution in [0.15, 0.2) is 60.7 Å². The zero-order valence-corrected chi connectivity index (χ0v) is 28.1. The van der Waals surface area contributed by atoms with Gasteiger partial charge in [0.25, 0.3) is 16.0 Å². The highest BCUT2D eigenvalue weighted by molar-refractivity contribution is 7.85. The molecule has 0 saturated heterocycles. The van der Waals surface area contributed by atoms with Gasteiger partial charge in [-0.25, -0.2) is 4.79 Å². The summed E-state index contributed by atoms with van der Waals surface area (Å²) >= 11 is 0. The van der Waals surface area contributed by atoms with Crippen LogP contribution in [-0.4, -0.2) is 79.3 Å². The van der Waals surface area contributed by atoms with Crippen molar-refractivity contribution in [1.29, 1.82) is 0 Å². The lowest BCUT2D eigenvalue weighted by Crippen LogP contribution is -2.37. The number of aliphatic carboxylic acids is 1. The summed E-state index contributed by atoms with van der Waals surface area (Å²) in [6.07, 6.45) is 1.63. The zero-order valence-electron chi connectivity index (χ0n) is 27.3. The Morgan fingerprint density at radius 1 is 0.896 bits per heavy atom. The van der Waals surface area contributed by atoms with E-state index in [1.807, 2.05) is 58.0 Å². The lowest BCUT2D eigenvalue weighted by Gasteiger charge is -2.21. The van der Waals surface area contributed by atoms with Gasteiger partial charge in [0.05, 0.1) is 28.5 Å². The standard InChI is InChI=1S/C35H42N4O8S/c1-24-22-26(34(42)37-16-8-18-38(17-7-15-36)20-14-31(40)41)23-25(2)33(24)47-35(43)32-27-10-3-5-12-29(27)39(19-9-21-48(44,45)46)30-13-6-4-11-28(30)32/h3-6,10-13,22-23H,7-9,14-21,36H2,1-2H3,(H2-,37,40,41,42,44,45,46)/p+1. The van der Waals surface area contributed by atoms with E-state index in [1.165, 1.54) is 0 Å². The van der Waals surface area contributed by atoms with Gasteiger partial charge in [0.15, 0.2) is 6.54 Å². The van der Waals surface area contributed by atoms with E-state index in [4.69, 9.17) is 15.6 Å². The highest BCUT2D eigenvalue weighted by Crippen LogP contribution is 2.30.